The molecule has 1 unspecified atom stereocenters. The van der Waals surface area contributed by atoms with Crippen molar-refractivity contribution in [3.05, 3.63) is 0 Å². The van der Waals surface area contributed by atoms with Gasteiger partial charge in [-0.15, -0.1) is 0 Å². The molecule has 4 nitrogen and oxygen atoms in total. The number of ketones is 1. The third-order valence-electron chi connectivity index (χ3n) is 3.22. The maximum Gasteiger partial charge on any atom is 0.160 e. The highest BCUT2D eigenvalue weighted by Crippen LogP contribution is 2.14. The molecule has 0 aromatic carbocycles. The van der Waals surface area contributed by atoms with Crippen LogP contribution in [0.5, 0.6) is 0 Å². The van der Waals surface area contributed by atoms with Crippen molar-refractivity contribution in [2.75, 3.05) is 21.3 Å². The number of hydrogen-bond donors (Lipinski definition) is 0. The molecule has 0 heterocycles. The molecule has 0 aliphatic rings. The van der Waals surface area contributed by atoms with Crippen LogP contribution in [0, 0.1) is 0 Å². The van der Waals surface area contributed by atoms with Gasteiger partial charge in [0.05, 0.1) is 11.7 Å². The number of hydrogen-bond acceptors (Lipinski definition) is 4. The number of methoxy groups -OCH3 is 3. The number of carbonyl (C=O) groups is 1. The average molecular weight is 264 g/mol. The van der Waals surface area contributed by atoms with Crippen molar-refractivity contribution in [1.82, 2.24) is 0 Å². The lowest BCUT2D eigenvalue weighted by Crippen LogP contribution is -2.37. The van der Waals surface area contributed by atoms with Crippen LogP contribution >= 0.6 is 0 Å². The predicted molar refractivity (Wildman–Crippen MR) is 76.1 cm³/mol. The van der Waals surface area contributed by atoms with Crippen LogP contribution in [0.4, 0.5) is 0 Å². The van der Waals surface area contributed by atoms with Crippen molar-refractivity contribution in [2.24, 2.45) is 0 Å². The summed E-state index contributed by atoms with van der Waals surface area (Å²) in [6.07, 6.45) is 0.141. The molecule has 0 saturated heterocycles. The van der Waals surface area contributed by atoms with E-state index in [0.29, 0.717) is 0 Å². The van der Waals surface area contributed by atoms with E-state index >= 15 is 0 Å². The van der Waals surface area contributed by atoms with E-state index < -0.39 is 5.60 Å². The summed E-state index contributed by atoms with van der Waals surface area (Å²) >= 11 is 0. The van der Waals surface area contributed by atoms with E-state index in [1.807, 2.05) is 20.8 Å². The molecule has 0 saturated carbocycles. The fourth-order valence-electron chi connectivity index (χ4n) is 0.594. The maximum absolute atomic E-state index is 10.6. The van der Waals surface area contributed by atoms with Gasteiger partial charge in [0, 0.05) is 21.3 Å². The number of Topliss-reactive ketones (excluding diaryl/α,β-unsaturated/α-hetero) is 1. The summed E-state index contributed by atoms with van der Waals surface area (Å²) in [4.78, 5) is 10.6. The van der Waals surface area contributed by atoms with E-state index in [4.69, 9.17) is 14.2 Å². The molecule has 112 valence electrons. The van der Waals surface area contributed by atoms with Gasteiger partial charge in [0.2, 0.25) is 0 Å². The molecule has 0 radical (unpaired) electrons. The Morgan fingerprint density at radius 2 is 1.39 bits per heavy atom. The minimum Gasteiger partial charge on any atom is -0.379 e. The minimum atomic E-state index is -0.597. The van der Waals surface area contributed by atoms with E-state index in [2.05, 4.69) is 0 Å². The minimum absolute atomic E-state index is 0. The normalized spacial score (nSPS) is 12.9. The van der Waals surface area contributed by atoms with Crippen molar-refractivity contribution in [2.45, 2.75) is 66.3 Å². The first-order valence-electron chi connectivity index (χ1n) is 5.69. The molecule has 0 aromatic heterocycles. The Bertz CT molecular complexity index is 222. The van der Waals surface area contributed by atoms with Crippen LogP contribution in [0.15, 0.2) is 0 Å². The second-order valence-corrected chi connectivity index (χ2v) is 4.96. The van der Waals surface area contributed by atoms with Crippen molar-refractivity contribution in [3.63, 3.8) is 0 Å². The molecule has 0 aromatic rings. The molecule has 0 rings (SSSR count). The highest BCUT2D eigenvalue weighted by Gasteiger charge is 2.24. The van der Waals surface area contributed by atoms with Crippen LogP contribution in [-0.2, 0) is 19.0 Å². The largest absolute Gasteiger partial charge is 0.379 e. The van der Waals surface area contributed by atoms with Crippen LogP contribution < -0.4 is 0 Å². The fraction of sp³-hybridized carbons (Fsp3) is 0.929. The first kappa shape index (κ1) is 22.7. The van der Waals surface area contributed by atoms with Gasteiger partial charge in [0.1, 0.15) is 5.60 Å². The van der Waals surface area contributed by atoms with Gasteiger partial charge in [-0.2, -0.15) is 0 Å². The molecule has 0 bridgehead atoms. The lowest BCUT2D eigenvalue weighted by molar-refractivity contribution is -0.134. The number of carbonyl (C=O) groups excluding carboxylic acids is 1. The van der Waals surface area contributed by atoms with Crippen molar-refractivity contribution >= 4 is 5.78 Å². The van der Waals surface area contributed by atoms with E-state index in [1.165, 1.54) is 14.0 Å². The summed E-state index contributed by atoms with van der Waals surface area (Å²) < 4.78 is 15.1. The molecule has 0 aliphatic heterocycles. The summed E-state index contributed by atoms with van der Waals surface area (Å²) in [6.45, 7) is 11.0. The van der Waals surface area contributed by atoms with E-state index in [-0.39, 0.29) is 24.9 Å². The zero-order valence-electron chi connectivity index (χ0n) is 12.7. The van der Waals surface area contributed by atoms with Crippen LogP contribution in [0.3, 0.4) is 0 Å². The Hall–Kier alpha value is -0.450. The van der Waals surface area contributed by atoms with Gasteiger partial charge in [0.15, 0.2) is 5.78 Å². The highest BCUT2D eigenvalue weighted by atomic mass is 16.5. The Balaban J connectivity index is -0.000000238. The topological polar surface area (TPSA) is 44.8 Å². The van der Waals surface area contributed by atoms with Gasteiger partial charge in [-0.3, -0.25) is 4.79 Å². The van der Waals surface area contributed by atoms with E-state index in [1.54, 1.807) is 28.1 Å². The number of ether oxygens (including phenoxy) is 3. The fourth-order valence-corrected chi connectivity index (χ4v) is 0.594. The van der Waals surface area contributed by atoms with Gasteiger partial charge in [0.25, 0.3) is 0 Å². The van der Waals surface area contributed by atoms with Crippen LogP contribution in [0.25, 0.3) is 0 Å². The Kier molecular flexibility index (Phi) is 12.0. The third-order valence-corrected chi connectivity index (χ3v) is 3.22. The number of rotatable bonds is 5. The zero-order valence-corrected chi connectivity index (χ0v) is 12.7. The highest BCUT2D eigenvalue weighted by molar-refractivity contribution is 5.83. The van der Waals surface area contributed by atoms with Gasteiger partial charge < -0.3 is 14.2 Å². The molecule has 0 fully saturated rings. The lowest BCUT2D eigenvalue weighted by atomic mass is 10.0. The van der Waals surface area contributed by atoms with Crippen LogP contribution in [-0.4, -0.2) is 44.4 Å². The van der Waals surface area contributed by atoms with Gasteiger partial charge in [-0.25, -0.2) is 0 Å². The summed E-state index contributed by atoms with van der Waals surface area (Å²) in [7, 11) is 4.91. The van der Waals surface area contributed by atoms with Crippen molar-refractivity contribution < 1.29 is 19.0 Å². The second-order valence-electron chi connectivity index (χ2n) is 4.96. The van der Waals surface area contributed by atoms with Gasteiger partial charge >= 0.3 is 0 Å². The zero-order chi connectivity index (χ0) is 14.3. The molecule has 0 spiro atoms. The Morgan fingerprint density at radius 3 is 1.44 bits per heavy atom. The quantitative estimate of drug-likeness (QED) is 0.765. The molecule has 1 atom stereocenters. The first-order chi connectivity index (χ1) is 7.55. The molecule has 4 heteroatoms. The van der Waals surface area contributed by atoms with Gasteiger partial charge in [-0.1, -0.05) is 7.43 Å². The van der Waals surface area contributed by atoms with Gasteiger partial charge in [-0.05, 0) is 41.5 Å². The average Bonchev–Trinajstić information content (AvgIpc) is 2.28. The van der Waals surface area contributed by atoms with Crippen molar-refractivity contribution in [3.8, 4) is 0 Å². The monoisotopic (exact) mass is 264 g/mol. The Morgan fingerprint density at radius 1 is 1.00 bits per heavy atom. The molecular formula is C14H32O4. The SMILES string of the molecule is C.COC(C)(C)C(C)=O.COC(C)C(C)(C)OC. The smallest absolute Gasteiger partial charge is 0.160 e. The summed E-state index contributed by atoms with van der Waals surface area (Å²) in [5.74, 6) is 0.0556. The summed E-state index contributed by atoms with van der Waals surface area (Å²) in [6, 6.07) is 0. The third kappa shape index (κ3) is 8.61. The standard InChI is InChI=1S/C7H16O2.C6H12O2.CH4/c1-6(8-4)7(2,3)9-5;1-5(7)6(2,3)8-4;/h6H,1-5H3;1-4H3;1H4. The Labute approximate surface area is 113 Å². The summed E-state index contributed by atoms with van der Waals surface area (Å²) in [5.41, 5.74) is -0.769. The van der Waals surface area contributed by atoms with Crippen molar-refractivity contribution in [1.29, 1.82) is 0 Å². The maximum atomic E-state index is 10.6. The van der Waals surface area contributed by atoms with Crippen LogP contribution in [0.2, 0.25) is 0 Å². The molecule has 0 amide bonds. The molecular weight excluding hydrogens is 232 g/mol. The summed E-state index contributed by atoms with van der Waals surface area (Å²) in [5, 5.41) is 0. The first-order valence-corrected chi connectivity index (χ1v) is 5.69. The second kappa shape index (κ2) is 9.48. The van der Waals surface area contributed by atoms with Crippen LogP contribution in [0.1, 0.15) is 49.0 Å². The lowest BCUT2D eigenvalue weighted by Gasteiger charge is -2.28. The van der Waals surface area contributed by atoms with E-state index in [9.17, 15) is 4.79 Å². The van der Waals surface area contributed by atoms with E-state index in [0.717, 1.165) is 0 Å². The molecule has 0 N–H and O–H groups in total. The predicted octanol–water partition coefficient (Wildman–Crippen LogP) is 3.08. The molecule has 0 aliphatic carbocycles. The molecule has 18 heavy (non-hydrogen) atoms.